The number of nitrogens with zero attached hydrogens (tertiary/aromatic N) is 3. The molecule has 0 fully saturated rings. The molecule has 0 aliphatic heterocycles. The van der Waals surface area contributed by atoms with Crippen molar-refractivity contribution in [2.45, 2.75) is 11.1 Å². The molecule has 8 heteroatoms. The fourth-order valence-electron chi connectivity index (χ4n) is 2.62. The average molecular weight is 358 g/mol. The molecule has 0 amide bonds. The largest absolute Gasteiger partial charge is 0.298 e. The van der Waals surface area contributed by atoms with Crippen LogP contribution < -0.4 is 0 Å². The number of aromatic nitrogens is 4. The Morgan fingerprint density at radius 1 is 1.17 bits per heavy atom. The van der Waals surface area contributed by atoms with Crippen molar-refractivity contribution < 1.29 is 8.42 Å². The van der Waals surface area contributed by atoms with Gasteiger partial charge in [0.15, 0.2) is 9.84 Å². The number of hydrogen-bond acceptors (Lipinski definition) is 5. The molecule has 0 saturated heterocycles. The standard InChI is InChI=1S/C16H14N4O2S2/c1-10-12(7-18-19-10)11-3-5-15-17-8-13(20(15)9-11)14-4-6-16(23-14)24(2,21)22/h3-9H,1-2H3,(H,18,19). The van der Waals surface area contributed by atoms with Crippen molar-refractivity contribution in [2.75, 3.05) is 6.26 Å². The average Bonchev–Trinajstić information content (AvgIpc) is 3.23. The second-order valence-electron chi connectivity index (χ2n) is 5.59. The van der Waals surface area contributed by atoms with Crippen molar-refractivity contribution in [3.63, 3.8) is 0 Å². The molecule has 6 nitrogen and oxygen atoms in total. The number of pyridine rings is 1. The van der Waals surface area contributed by atoms with Crippen LogP contribution in [0, 0.1) is 6.92 Å². The summed E-state index contributed by atoms with van der Waals surface area (Å²) in [4.78, 5) is 5.27. The highest BCUT2D eigenvalue weighted by molar-refractivity contribution is 7.92. The zero-order chi connectivity index (χ0) is 16.9. The summed E-state index contributed by atoms with van der Waals surface area (Å²) < 4.78 is 25.7. The first-order valence-electron chi connectivity index (χ1n) is 7.21. The smallest absolute Gasteiger partial charge is 0.184 e. The molecule has 4 aromatic heterocycles. The van der Waals surface area contributed by atoms with Crippen LogP contribution in [0.4, 0.5) is 0 Å². The summed E-state index contributed by atoms with van der Waals surface area (Å²) in [5.74, 6) is 0. The van der Waals surface area contributed by atoms with Gasteiger partial charge in [-0.05, 0) is 31.2 Å². The summed E-state index contributed by atoms with van der Waals surface area (Å²) in [5.41, 5.74) is 4.72. The maximum atomic E-state index is 11.7. The number of hydrogen-bond donors (Lipinski definition) is 1. The van der Waals surface area contributed by atoms with Crippen LogP contribution in [0.1, 0.15) is 5.69 Å². The summed E-state index contributed by atoms with van der Waals surface area (Å²) in [6.45, 7) is 1.97. The molecule has 0 aliphatic carbocycles. The highest BCUT2D eigenvalue weighted by Crippen LogP contribution is 2.32. The Morgan fingerprint density at radius 2 is 2.00 bits per heavy atom. The maximum Gasteiger partial charge on any atom is 0.184 e. The monoisotopic (exact) mass is 358 g/mol. The third kappa shape index (κ3) is 2.44. The van der Waals surface area contributed by atoms with E-state index in [9.17, 15) is 8.42 Å². The van der Waals surface area contributed by atoms with Gasteiger partial charge in [0.05, 0.1) is 23.0 Å². The van der Waals surface area contributed by atoms with E-state index in [2.05, 4.69) is 15.2 Å². The number of nitrogens with one attached hydrogen (secondary N) is 1. The number of sulfone groups is 1. The first-order chi connectivity index (χ1) is 11.4. The molecule has 1 N–H and O–H groups in total. The number of rotatable bonds is 3. The molecule has 0 aliphatic rings. The second kappa shape index (κ2) is 5.29. The molecule has 0 aromatic carbocycles. The Labute approximate surface area is 142 Å². The van der Waals surface area contributed by atoms with E-state index < -0.39 is 9.84 Å². The first kappa shape index (κ1) is 15.1. The number of thiophene rings is 1. The molecule has 0 bridgehead atoms. The van der Waals surface area contributed by atoms with Gasteiger partial charge in [-0.1, -0.05) is 0 Å². The fraction of sp³-hybridized carbons (Fsp3) is 0.125. The van der Waals surface area contributed by atoms with Gasteiger partial charge in [-0.2, -0.15) is 5.10 Å². The lowest BCUT2D eigenvalue weighted by atomic mass is 10.1. The third-order valence-electron chi connectivity index (χ3n) is 3.85. The van der Waals surface area contributed by atoms with Crippen LogP contribution in [0.5, 0.6) is 0 Å². The molecule has 0 unspecified atom stereocenters. The summed E-state index contributed by atoms with van der Waals surface area (Å²) in [5, 5.41) is 7.00. The highest BCUT2D eigenvalue weighted by atomic mass is 32.2. The number of imidazole rings is 1. The lowest BCUT2D eigenvalue weighted by Crippen LogP contribution is -1.92. The Bertz CT molecular complexity index is 1150. The molecule has 0 spiro atoms. The zero-order valence-corrected chi connectivity index (χ0v) is 14.6. The molecule has 122 valence electrons. The fourth-order valence-corrected chi connectivity index (χ4v) is 4.56. The minimum atomic E-state index is -3.20. The topological polar surface area (TPSA) is 80.1 Å². The Hall–Kier alpha value is -2.45. The molecule has 24 heavy (non-hydrogen) atoms. The van der Waals surface area contributed by atoms with E-state index >= 15 is 0 Å². The highest BCUT2D eigenvalue weighted by Gasteiger charge is 2.15. The van der Waals surface area contributed by atoms with Gasteiger partial charge >= 0.3 is 0 Å². The molecule has 0 radical (unpaired) electrons. The predicted molar refractivity (Wildman–Crippen MR) is 93.9 cm³/mol. The van der Waals surface area contributed by atoms with Crippen LogP contribution in [0.25, 0.3) is 27.3 Å². The third-order valence-corrected chi connectivity index (χ3v) is 6.77. The van der Waals surface area contributed by atoms with Crippen molar-refractivity contribution >= 4 is 26.8 Å². The van der Waals surface area contributed by atoms with Gasteiger partial charge in [-0.15, -0.1) is 11.3 Å². The van der Waals surface area contributed by atoms with E-state index in [1.165, 1.54) is 17.6 Å². The molecule has 4 heterocycles. The van der Waals surface area contributed by atoms with Crippen molar-refractivity contribution in [3.05, 3.63) is 48.5 Å². The predicted octanol–water partition coefficient (Wildman–Crippen LogP) is 3.16. The molecule has 4 rings (SSSR count). The Morgan fingerprint density at radius 3 is 2.67 bits per heavy atom. The Balaban J connectivity index is 1.88. The molecular weight excluding hydrogens is 344 g/mol. The van der Waals surface area contributed by atoms with Crippen LogP contribution in [0.2, 0.25) is 0 Å². The molecule has 4 aromatic rings. The van der Waals surface area contributed by atoms with Crippen LogP contribution in [-0.4, -0.2) is 34.3 Å². The van der Waals surface area contributed by atoms with E-state index in [0.29, 0.717) is 4.21 Å². The summed E-state index contributed by atoms with van der Waals surface area (Å²) in [6, 6.07) is 7.40. The van der Waals surface area contributed by atoms with Crippen molar-refractivity contribution in [1.29, 1.82) is 0 Å². The SMILES string of the molecule is Cc1[nH]ncc1-c1ccc2ncc(-c3ccc(S(C)(=O)=O)s3)n2c1. The normalized spacial score (nSPS) is 12.1. The molecule has 0 atom stereocenters. The minimum Gasteiger partial charge on any atom is -0.298 e. The summed E-state index contributed by atoms with van der Waals surface area (Å²) >= 11 is 1.25. The van der Waals surface area contributed by atoms with Crippen LogP contribution >= 0.6 is 11.3 Å². The van der Waals surface area contributed by atoms with Crippen LogP contribution in [0.3, 0.4) is 0 Å². The van der Waals surface area contributed by atoms with E-state index in [1.54, 1.807) is 18.5 Å². The number of H-pyrrole nitrogens is 1. The van der Waals surface area contributed by atoms with E-state index in [4.69, 9.17) is 0 Å². The van der Waals surface area contributed by atoms with Crippen LogP contribution in [-0.2, 0) is 9.84 Å². The molecule has 0 saturated carbocycles. The minimum absolute atomic E-state index is 0.356. The van der Waals surface area contributed by atoms with Crippen molar-refractivity contribution in [2.24, 2.45) is 0 Å². The lowest BCUT2D eigenvalue weighted by molar-refractivity contribution is 0.604. The number of aryl methyl sites for hydroxylation is 1. The zero-order valence-electron chi connectivity index (χ0n) is 13.0. The quantitative estimate of drug-likeness (QED) is 0.610. The van der Waals surface area contributed by atoms with E-state index in [1.807, 2.05) is 35.7 Å². The van der Waals surface area contributed by atoms with Gasteiger partial charge < -0.3 is 0 Å². The number of fused-ring (bicyclic) bond motifs is 1. The molecular formula is C16H14N4O2S2. The maximum absolute atomic E-state index is 11.7. The van der Waals surface area contributed by atoms with Gasteiger partial charge in [-0.3, -0.25) is 9.50 Å². The summed E-state index contributed by atoms with van der Waals surface area (Å²) in [6.07, 6.45) is 6.77. The first-order valence-corrected chi connectivity index (χ1v) is 9.92. The second-order valence-corrected chi connectivity index (χ2v) is 8.92. The summed E-state index contributed by atoms with van der Waals surface area (Å²) in [7, 11) is -3.20. The Kier molecular flexibility index (Phi) is 3.33. The van der Waals surface area contributed by atoms with Gasteiger partial charge in [-0.25, -0.2) is 13.4 Å². The van der Waals surface area contributed by atoms with Gasteiger partial charge in [0, 0.05) is 29.3 Å². The van der Waals surface area contributed by atoms with Gasteiger partial charge in [0.2, 0.25) is 0 Å². The van der Waals surface area contributed by atoms with E-state index in [-0.39, 0.29) is 0 Å². The van der Waals surface area contributed by atoms with Gasteiger partial charge in [0.1, 0.15) is 9.86 Å². The van der Waals surface area contributed by atoms with Gasteiger partial charge in [0.25, 0.3) is 0 Å². The lowest BCUT2D eigenvalue weighted by Gasteiger charge is -2.04. The van der Waals surface area contributed by atoms with Crippen molar-refractivity contribution in [3.8, 4) is 21.7 Å². The van der Waals surface area contributed by atoms with Crippen molar-refractivity contribution in [1.82, 2.24) is 19.6 Å². The van der Waals surface area contributed by atoms with E-state index in [0.717, 1.165) is 33.0 Å². The number of aromatic amines is 1. The van der Waals surface area contributed by atoms with Crippen LogP contribution in [0.15, 0.2) is 47.1 Å².